The smallest absolute Gasteiger partial charge is 0.410 e. The van der Waals surface area contributed by atoms with Gasteiger partial charge in [0, 0.05) is 44.7 Å². The Kier molecular flexibility index (Phi) is 8.79. The first-order chi connectivity index (χ1) is 22.1. The summed E-state index contributed by atoms with van der Waals surface area (Å²) in [6.07, 6.45) is 5.14. The lowest BCUT2D eigenvalue weighted by Crippen LogP contribution is -2.48. The van der Waals surface area contributed by atoms with Crippen molar-refractivity contribution in [2.45, 2.75) is 82.2 Å². The number of benzene rings is 3. The van der Waals surface area contributed by atoms with Crippen LogP contribution in [-0.4, -0.2) is 77.3 Å². The second kappa shape index (κ2) is 13.3. The number of carbonyl (C=O) groups excluding carboxylic acids is 2. The fourth-order valence-corrected chi connectivity index (χ4v) is 8.53. The van der Waals surface area contributed by atoms with Gasteiger partial charge in [-0.1, -0.05) is 84.9 Å². The van der Waals surface area contributed by atoms with Gasteiger partial charge in [0.05, 0.1) is 6.04 Å². The maximum absolute atomic E-state index is 13.4. The van der Waals surface area contributed by atoms with E-state index in [1.165, 1.54) is 16.7 Å². The summed E-state index contributed by atoms with van der Waals surface area (Å²) in [5, 5.41) is 0. The molecule has 7 rings (SSSR count). The number of fused-ring (bicyclic) bond motifs is 2. The molecule has 0 bridgehead atoms. The summed E-state index contributed by atoms with van der Waals surface area (Å²) in [5.41, 5.74) is 5.04. The van der Waals surface area contributed by atoms with E-state index < -0.39 is 0 Å². The van der Waals surface area contributed by atoms with Crippen LogP contribution in [0.2, 0.25) is 0 Å². The van der Waals surface area contributed by atoms with Crippen LogP contribution in [0.5, 0.6) is 0 Å². The Bertz CT molecular complexity index is 1460. The van der Waals surface area contributed by atoms with Crippen molar-refractivity contribution in [1.82, 2.24) is 14.7 Å². The van der Waals surface area contributed by atoms with Crippen LogP contribution in [0.15, 0.2) is 84.9 Å². The molecular formula is C38H45N3O4. The van der Waals surface area contributed by atoms with E-state index in [2.05, 4.69) is 64.4 Å². The Balaban J connectivity index is 0.998. The number of hydrogen-bond acceptors (Lipinski definition) is 5. The van der Waals surface area contributed by atoms with Crippen molar-refractivity contribution < 1.29 is 19.1 Å². The van der Waals surface area contributed by atoms with E-state index in [4.69, 9.17) is 9.47 Å². The van der Waals surface area contributed by atoms with E-state index in [1.807, 2.05) is 42.2 Å². The standard InChI is InChI=1S/C38H45N3O4/c1-2-40(37(42)44-26-27-11-5-3-6-12-27)32-17-19-39(20-18-32)25-31-21-33(24-34(31)28-13-7-4-8-14-28)41-35-22-29-15-9-10-16-30(29)23-36(35)45-38(41)43/h3-16,31-36H,2,17-26H2,1H3/t31-,33?,34-,35+,36-/m1/s1. The van der Waals surface area contributed by atoms with E-state index in [0.717, 1.165) is 63.7 Å². The molecule has 0 aromatic heterocycles. The summed E-state index contributed by atoms with van der Waals surface area (Å²) >= 11 is 0. The number of hydrogen-bond donors (Lipinski definition) is 0. The molecular weight excluding hydrogens is 562 g/mol. The van der Waals surface area contributed by atoms with E-state index in [0.29, 0.717) is 25.0 Å². The van der Waals surface area contributed by atoms with Gasteiger partial charge in [-0.15, -0.1) is 0 Å². The number of ether oxygens (including phenoxy) is 2. The highest BCUT2D eigenvalue weighted by molar-refractivity contribution is 5.72. The SMILES string of the molecule is CCN(C(=O)OCc1ccccc1)C1CCN(C[C@H]2CC(N3C(=O)O[C@@H]4Cc5ccccc5C[C@@H]43)C[C@@H]2c2ccccc2)CC1. The first-order valence-electron chi connectivity index (χ1n) is 16.9. The van der Waals surface area contributed by atoms with Crippen molar-refractivity contribution in [3.8, 4) is 0 Å². The summed E-state index contributed by atoms with van der Waals surface area (Å²) in [6, 6.07) is 29.8. The van der Waals surface area contributed by atoms with Crippen LogP contribution in [0.4, 0.5) is 9.59 Å². The van der Waals surface area contributed by atoms with Gasteiger partial charge in [0.2, 0.25) is 0 Å². The van der Waals surface area contributed by atoms with Crippen molar-refractivity contribution in [3.63, 3.8) is 0 Å². The molecule has 7 heteroatoms. The molecule has 3 fully saturated rings. The van der Waals surface area contributed by atoms with Crippen molar-refractivity contribution >= 4 is 12.2 Å². The molecule has 2 aliphatic carbocycles. The third-order valence-corrected chi connectivity index (χ3v) is 10.8. The van der Waals surface area contributed by atoms with Crippen LogP contribution in [0.25, 0.3) is 0 Å². The summed E-state index contributed by atoms with van der Waals surface area (Å²) in [4.78, 5) is 33.0. The van der Waals surface area contributed by atoms with E-state index >= 15 is 0 Å². The average Bonchev–Trinajstić information content (AvgIpc) is 3.63. The third-order valence-electron chi connectivity index (χ3n) is 10.8. The number of nitrogens with zero attached hydrogens (tertiary/aromatic N) is 3. The topological polar surface area (TPSA) is 62.3 Å². The highest BCUT2D eigenvalue weighted by Gasteiger charge is 2.50. The van der Waals surface area contributed by atoms with Crippen molar-refractivity contribution in [3.05, 3.63) is 107 Å². The quantitative estimate of drug-likeness (QED) is 0.287. The molecule has 7 nitrogen and oxygen atoms in total. The Hall–Kier alpha value is -3.84. The van der Waals surface area contributed by atoms with Gasteiger partial charge in [0.25, 0.3) is 0 Å². The molecule has 2 aliphatic heterocycles. The summed E-state index contributed by atoms with van der Waals surface area (Å²) in [6.45, 7) is 5.92. The first kappa shape index (κ1) is 29.8. The molecule has 45 heavy (non-hydrogen) atoms. The lowest BCUT2D eigenvalue weighted by molar-refractivity contribution is 0.0599. The zero-order valence-electron chi connectivity index (χ0n) is 26.3. The van der Waals surface area contributed by atoms with Gasteiger partial charge < -0.3 is 19.3 Å². The number of rotatable bonds is 8. The molecule has 4 aliphatic rings. The monoisotopic (exact) mass is 607 g/mol. The summed E-state index contributed by atoms with van der Waals surface area (Å²) in [5.74, 6) is 0.853. The molecule has 0 spiro atoms. The van der Waals surface area contributed by atoms with Crippen molar-refractivity contribution in [2.75, 3.05) is 26.2 Å². The van der Waals surface area contributed by atoms with Crippen molar-refractivity contribution in [2.24, 2.45) is 5.92 Å². The second-order valence-corrected chi connectivity index (χ2v) is 13.3. The fraction of sp³-hybridized carbons (Fsp3) is 0.474. The minimum atomic E-state index is -0.219. The summed E-state index contributed by atoms with van der Waals surface area (Å²) in [7, 11) is 0. The molecule has 2 heterocycles. The van der Waals surface area contributed by atoms with Crippen LogP contribution in [-0.2, 0) is 28.9 Å². The molecule has 1 unspecified atom stereocenters. The zero-order valence-corrected chi connectivity index (χ0v) is 26.3. The molecule has 3 aromatic rings. The summed E-state index contributed by atoms with van der Waals surface area (Å²) < 4.78 is 11.7. The van der Waals surface area contributed by atoms with E-state index in [9.17, 15) is 9.59 Å². The van der Waals surface area contributed by atoms with Gasteiger partial charge >= 0.3 is 12.2 Å². The molecule has 2 saturated heterocycles. The van der Waals surface area contributed by atoms with Crippen LogP contribution < -0.4 is 0 Å². The second-order valence-electron chi connectivity index (χ2n) is 13.3. The van der Waals surface area contributed by atoms with Gasteiger partial charge in [0.15, 0.2) is 0 Å². The predicted octanol–water partition coefficient (Wildman–Crippen LogP) is 6.66. The lowest BCUT2D eigenvalue weighted by atomic mass is 9.85. The zero-order chi connectivity index (χ0) is 30.8. The van der Waals surface area contributed by atoms with Gasteiger partial charge in [-0.3, -0.25) is 4.90 Å². The minimum absolute atomic E-state index is 0.0541. The van der Waals surface area contributed by atoms with Gasteiger partial charge in [-0.2, -0.15) is 0 Å². The molecule has 5 atom stereocenters. The lowest BCUT2D eigenvalue weighted by Gasteiger charge is -2.39. The van der Waals surface area contributed by atoms with Crippen LogP contribution >= 0.6 is 0 Å². The number of likely N-dealkylation sites (tertiary alicyclic amines) is 1. The number of carbonyl (C=O) groups is 2. The predicted molar refractivity (Wildman–Crippen MR) is 174 cm³/mol. The molecule has 236 valence electrons. The highest BCUT2D eigenvalue weighted by Crippen LogP contribution is 2.45. The van der Waals surface area contributed by atoms with Gasteiger partial charge in [-0.25, -0.2) is 9.59 Å². The number of amides is 2. The molecule has 3 aromatic carbocycles. The fourth-order valence-electron chi connectivity index (χ4n) is 8.53. The largest absolute Gasteiger partial charge is 0.445 e. The van der Waals surface area contributed by atoms with Crippen LogP contribution in [0.1, 0.15) is 60.8 Å². The Morgan fingerprint density at radius 2 is 1.56 bits per heavy atom. The maximum atomic E-state index is 13.4. The van der Waals surface area contributed by atoms with Crippen LogP contribution in [0.3, 0.4) is 0 Å². The third kappa shape index (κ3) is 6.32. The Labute approximate surface area is 267 Å². The van der Waals surface area contributed by atoms with Crippen molar-refractivity contribution in [1.29, 1.82) is 0 Å². The molecule has 1 saturated carbocycles. The maximum Gasteiger partial charge on any atom is 0.410 e. The van der Waals surface area contributed by atoms with E-state index in [-0.39, 0.29) is 36.4 Å². The van der Waals surface area contributed by atoms with E-state index in [1.54, 1.807) is 0 Å². The number of piperidine rings is 1. The van der Waals surface area contributed by atoms with Gasteiger partial charge in [0.1, 0.15) is 12.7 Å². The van der Waals surface area contributed by atoms with Gasteiger partial charge in [-0.05, 0) is 73.1 Å². The molecule has 2 amide bonds. The molecule has 0 N–H and O–H groups in total. The Morgan fingerprint density at radius 3 is 2.27 bits per heavy atom. The Morgan fingerprint density at radius 1 is 0.889 bits per heavy atom. The first-order valence-corrected chi connectivity index (χ1v) is 16.9. The normalized spacial score (nSPS) is 26.6. The average molecular weight is 608 g/mol. The highest BCUT2D eigenvalue weighted by atomic mass is 16.6. The van der Waals surface area contributed by atoms with Crippen LogP contribution in [0, 0.1) is 5.92 Å². The minimum Gasteiger partial charge on any atom is -0.445 e. The molecule has 0 radical (unpaired) electrons.